The van der Waals surface area contributed by atoms with Crippen molar-refractivity contribution in [2.75, 3.05) is 0 Å². The molecule has 0 aliphatic heterocycles. The Kier molecular flexibility index (Phi) is 3.17. The second kappa shape index (κ2) is 4.30. The van der Waals surface area contributed by atoms with Crippen LogP contribution in [0.3, 0.4) is 0 Å². The normalized spacial score (nSPS) is 19.8. The smallest absolute Gasteiger partial charge is 0.142 e. The highest BCUT2D eigenvalue weighted by Crippen LogP contribution is 2.37. The van der Waals surface area contributed by atoms with Gasteiger partial charge in [0.15, 0.2) is 0 Å². The van der Waals surface area contributed by atoms with E-state index < -0.39 is 17.2 Å². The summed E-state index contributed by atoms with van der Waals surface area (Å²) in [6, 6.07) is 2.15. The number of hydrogen-bond donors (Lipinski definition) is 1. The van der Waals surface area contributed by atoms with Crippen LogP contribution in [-0.4, -0.2) is 0 Å². The number of nitrogens with two attached hydrogens (primary N) is 1. The lowest BCUT2D eigenvalue weighted by molar-refractivity contribution is 0.292. The third kappa shape index (κ3) is 2.06. The highest BCUT2D eigenvalue weighted by atomic mass is 35.5. The summed E-state index contributed by atoms with van der Waals surface area (Å²) in [4.78, 5) is 0. The predicted molar refractivity (Wildman–Crippen MR) is 60.3 cm³/mol. The molecule has 0 spiro atoms. The molecular weight excluding hydrogens is 232 g/mol. The van der Waals surface area contributed by atoms with Gasteiger partial charge in [-0.15, -0.1) is 0 Å². The third-order valence-electron chi connectivity index (χ3n) is 3.29. The van der Waals surface area contributed by atoms with Gasteiger partial charge in [0.05, 0.1) is 5.02 Å². The Hall–Kier alpha value is -0.670. The van der Waals surface area contributed by atoms with Gasteiger partial charge in [0.1, 0.15) is 11.6 Å². The maximum atomic E-state index is 13.7. The fraction of sp³-hybridized carbons (Fsp3) is 0.500. The van der Waals surface area contributed by atoms with Gasteiger partial charge in [0.25, 0.3) is 0 Å². The monoisotopic (exact) mass is 245 g/mol. The Morgan fingerprint density at radius 1 is 1.06 bits per heavy atom. The van der Waals surface area contributed by atoms with Crippen molar-refractivity contribution in [3.63, 3.8) is 0 Å². The molecule has 0 heterocycles. The first-order valence-corrected chi connectivity index (χ1v) is 5.85. The van der Waals surface area contributed by atoms with Gasteiger partial charge < -0.3 is 5.73 Å². The van der Waals surface area contributed by atoms with Crippen molar-refractivity contribution >= 4 is 11.6 Å². The standard InChI is InChI=1S/C12H14ClF2N/c13-9-7-10(14)8(6-11(9)15)12(16)4-2-1-3-5-12/h6-7H,1-5,16H2. The zero-order valence-electron chi connectivity index (χ0n) is 8.90. The first kappa shape index (κ1) is 11.8. The summed E-state index contributed by atoms with van der Waals surface area (Å²) in [5.74, 6) is -1.11. The van der Waals surface area contributed by atoms with Gasteiger partial charge in [-0.3, -0.25) is 0 Å². The molecule has 1 aliphatic carbocycles. The lowest BCUT2D eigenvalue weighted by atomic mass is 9.77. The van der Waals surface area contributed by atoms with Crippen LogP contribution in [0.15, 0.2) is 12.1 Å². The second-order valence-corrected chi connectivity index (χ2v) is 4.87. The number of hydrogen-bond acceptors (Lipinski definition) is 1. The summed E-state index contributed by atoms with van der Waals surface area (Å²) in [5, 5.41) is -0.194. The molecule has 1 fully saturated rings. The Morgan fingerprint density at radius 3 is 2.31 bits per heavy atom. The van der Waals surface area contributed by atoms with Gasteiger partial charge in [-0.1, -0.05) is 30.9 Å². The van der Waals surface area contributed by atoms with E-state index in [1.165, 1.54) is 0 Å². The maximum Gasteiger partial charge on any atom is 0.142 e. The fourth-order valence-electron chi connectivity index (χ4n) is 2.36. The molecule has 0 atom stereocenters. The van der Waals surface area contributed by atoms with E-state index in [1.807, 2.05) is 0 Å². The molecule has 1 aliphatic rings. The van der Waals surface area contributed by atoms with Gasteiger partial charge in [0, 0.05) is 11.1 Å². The molecule has 16 heavy (non-hydrogen) atoms. The number of rotatable bonds is 1. The van der Waals surface area contributed by atoms with E-state index in [2.05, 4.69) is 0 Å². The zero-order valence-corrected chi connectivity index (χ0v) is 9.66. The van der Waals surface area contributed by atoms with E-state index in [0.717, 1.165) is 31.4 Å². The summed E-state index contributed by atoms with van der Waals surface area (Å²) >= 11 is 5.51. The van der Waals surface area contributed by atoms with Gasteiger partial charge in [0.2, 0.25) is 0 Å². The average Bonchev–Trinajstić information content (AvgIpc) is 2.24. The number of halogens is 3. The first-order chi connectivity index (χ1) is 7.53. The topological polar surface area (TPSA) is 26.0 Å². The van der Waals surface area contributed by atoms with E-state index in [-0.39, 0.29) is 10.6 Å². The van der Waals surface area contributed by atoms with Crippen LogP contribution in [0.4, 0.5) is 8.78 Å². The van der Waals surface area contributed by atoms with Crippen molar-refractivity contribution in [2.45, 2.75) is 37.6 Å². The summed E-state index contributed by atoms with van der Waals surface area (Å²) in [5.41, 5.74) is 5.68. The van der Waals surface area contributed by atoms with Crippen LogP contribution in [-0.2, 0) is 5.54 Å². The van der Waals surface area contributed by atoms with E-state index >= 15 is 0 Å². The molecule has 0 unspecified atom stereocenters. The molecule has 1 aromatic carbocycles. The van der Waals surface area contributed by atoms with E-state index in [0.29, 0.717) is 12.8 Å². The van der Waals surface area contributed by atoms with Crippen LogP contribution in [0, 0.1) is 11.6 Å². The summed E-state index contributed by atoms with van der Waals surface area (Å²) in [6.07, 6.45) is 4.42. The molecule has 2 rings (SSSR count). The van der Waals surface area contributed by atoms with E-state index in [4.69, 9.17) is 17.3 Å². The fourth-order valence-corrected chi connectivity index (χ4v) is 2.51. The lowest BCUT2D eigenvalue weighted by Gasteiger charge is -2.34. The highest BCUT2D eigenvalue weighted by Gasteiger charge is 2.32. The minimum Gasteiger partial charge on any atom is -0.321 e. The Balaban J connectivity index is 2.42. The largest absolute Gasteiger partial charge is 0.321 e. The molecule has 2 N–H and O–H groups in total. The molecule has 0 aromatic heterocycles. The lowest BCUT2D eigenvalue weighted by Crippen LogP contribution is -2.39. The van der Waals surface area contributed by atoms with Crippen molar-refractivity contribution in [2.24, 2.45) is 5.73 Å². The van der Waals surface area contributed by atoms with Crippen LogP contribution in [0.25, 0.3) is 0 Å². The minimum absolute atomic E-state index is 0.194. The molecular formula is C12H14ClF2N. The third-order valence-corrected chi connectivity index (χ3v) is 3.58. The van der Waals surface area contributed by atoms with Gasteiger partial charge >= 0.3 is 0 Å². The van der Waals surface area contributed by atoms with Gasteiger partial charge in [-0.25, -0.2) is 8.78 Å². The van der Waals surface area contributed by atoms with Crippen LogP contribution < -0.4 is 5.73 Å². The van der Waals surface area contributed by atoms with E-state index in [1.54, 1.807) is 0 Å². The molecule has 0 saturated heterocycles. The van der Waals surface area contributed by atoms with Crippen LogP contribution >= 0.6 is 11.6 Å². The number of benzene rings is 1. The summed E-state index contributed by atoms with van der Waals surface area (Å²) in [6.45, 7) is 0. The molecule has 4 heteroatoms. The molecule has 88 valence electrons. The van der Waals surface area contributed by atoms with Crippen LogP contribution in [0.2, 0.25) is 5.02 Å². The Bertz CT molecular complexity index is 400. The van der Waals surface area contributed by atoms with Crippen LogP contribution in [0.1, 0.15) is 37.7 Å². The molecule has 1 nitrogen and oxygen atoms in total. The first-order valence-electron chi connectivity index (χ1n) is 5.47. The zero-order chi connectivity index (χ0) is 11.8. The van der Waals surface area contributed by atoms with Crippen molar-refractivity contribution in [1.29, 1.82) is 0 Å². The minimum atomic E-state index is -0.728. The molecule has 1 saturated carbocycles. The summed E-state index contributed by atoms with van der Waals surface area (Å²) < 4.78 is 27.1. The molecule has 0 bridgehead atoms. The molecule has 0 amide bonds. The summed E-state index contributed by atoms with van der Waals surface area (Å²) in [7, 11) is 0. The SMILES string of the molecule is NC1(c2cc(F)c(Cl)cc2F)CCCCC1. The van der Waals surface area contributed by atoms with Crippen molar-refractivity contribution in [3.05, 3.63) is 34.4 Å². The molecule has 1 aromatic rings. The molecule has 0 radical (unpaired) electrons. The quantitative estimate of drug-likeness (QED) is 0.750. The van der Waals surface area contributed by atoms with Crippen LogP contribution in [0.5, 0.6) is 0 Å². The predicted octanol–water partition coefficient (Wildman–Crippen LogP) is 3.74. The van der Waals surface area contributed by atoms with Crippen molar-refractivity contribution < 1.29 is 8.78 Å². The maximum absolute atomic E-state index is 13.7. The Morgan fingerprint density at radius 2 is 1.69 bits per heavy atom. The second-order valence-electron chi connectivity index (χ2n) is 4.46. The van der Waals surface area contributed by atoms with Crippen molar-refractivity contribution in [3.8, 4) is 0 Å². The highest BCUT2D eigenvalue weighted by molar-refractivity contribution is 6.30. The van der Waals surface area contributed by atoms with Gasteiger partial charge in [-0.05, 0) is 25.0 Å². The Labute approximate surface area is 98.6 Å². The van der Waals surface area contributed by atoms with Crippen molar-refractivity contribution in [1.82, 2.24) is 0 Å². The van der Waals surface area contributed by atoms with E-state index in [9.17, 15) is 8.78 Å². The average molecular weight is 246 g/mol. The van der Waals surface area contributed by atoms with Gasteiger partial charge in [-0.2, -0.15) is 0 Å².